The summed E-state index contributed by atoms with van der Waals surface area (Å²) in [6.45, 7) is 6.18. The van der Waals surface area contributed by atoms with Gasteiger partial charge in [0.05, 0.1) is 20.9 Å². The van der Waals surface area contributed by atoms with Gasteiger partial charge in [-0.1, -0.05) is 50.6 Å². The standard InChI is InChI=1S/C22H25F3N2O3S/c1-14(2)7-6-8-15(3)26-21(28)17-9-4-5-10-19(17)31-20-12-11-16(22(23,24)25)13-18(20)27(29)30/h4-5,9-15H,6-8H2,1-3H3,(H,26,28)/t15-/m1/s1. The van der Waals surface area contributed by atoms with E-state index in [0.29, 0.717) is 22.4 Å². The van der Waals surface area contributed by atoms with E-state index in [1.807, 2.05) is 6.92 Å². The van der Waals surface area contributed by atoms with Crippen LogP contribution in [0.2, 0.25) is 0 Å². The van der Waals surface area contributed by atoms with Crippen LogP contribution in [0.5, 0.6) is 0 Å². The van der Waals surface area contributed by atoms with Crippen molar-refractivity contribution in [3.63, 3.8) is 0 Å². The number of nitro benzene ring substituents is 1. The van der Waals surface area contributed by atoms with Gasteiger partial charge in [0.1, 0.15) is 0 Å². The van der Waals surface area contributed by atoms with Gasteiger partial charge >= 0.3 is 6.18 Å². The number of alkyl halides is 3. The number of hydrogen-bond donors (Lipinski definition) is 1. The molecule has 31 heavy (non-hydrogen) atoms. The van der Waals surface area contributed by atoms with Crippen LogP contribution in [0.4, 0.5) is 18.9 Å². The third-order valence-corrected chi connectivity index (χ3v) is 5.77. The minimum absolute atomic E-state index is 0.0308. The monoisotopic (exact) mass is 454 g/mol. The van der Waals surface area contributed by atoms with E-state index in [0.717, 1.165) is 43.2 Å². The predicted octanol–water partition coefficient (Wildman–Crippen LogP) is 6.71. The molecular formula is C22H25F3N2O3S. The van der Waals surface area contributed by atoms with Gasteiger partial charge in [-0.25, -0.2) is 0 Å². The average molecular weight is 455 g/mol. The zero-order valence-electron chi connectivity index (χ0n) is 17.5. The lowest BCUT2D eigenvalue weighted by molar-refractivity contribution is -0.388. The highest BCUT2D eigenvalue weighted by atomic mass is 32.2. The van der Waals surface area contributed by atoms with Crippen molar-refractivity contribution in [1.82, 2.24) is 5.32 Å². The van der Waals surface area contributed by atoms with Gasteiger partial charge in [-0.15, -0.1) is 0 Å². The molecule has 0 radical (unpaired) electrons. The van der Waals surface area contributed by atoms with Crippen molar-refractivity contribution in [3.05, 3.63) is 63.7 Å². The molecule has 2 rings (SSSR count). The van der Waals surface area contributed by atoms with E-state index in [2.05, 4.69) is 19.2 Å². The Kier molecular flexibility index (Phi) is 8.50. The second kappa shape index (κ2) is 10.7. The second-order valence-corrected chi connectivity index (χ2v) is 8.82. The first-order valence-electron chi connectivity index (χ1n) is 9.92. The summed E-state index contributed by atoms with van der Waals surface area (Å²) < 4.78 is 38.8. The molecule has 2 aromatic carbocycles. The van der Waals surface area contributed by atoms with Crippen molar-refractivity contribution >= 4 is 23.4 Å². The summed E-state index contributed by atoms with van der Waals surface area (Å²) in [5.74, 6) is 0.259. The van der Waals surface area contributed by atoms with E-state index in [-0.39, 0.29) is 16.8 Å². The number of carbonyl (C=O) groups excluding carboxylic acids is 1. The van der Waals surface area contributed by atoms with E-state index in [4.69, 9.17) is 0 Å². The molecule has 0 spiro atoms. The summed E-state index contributed by atoms with van der Waals surface area (Å²) in [6, 6.07) is 8.87. The van der Waals surface area contributed by atoms with Gasteiger partial charge in [-0.2, -0.15) is 13.2 Å². The minimum Gasteiger partial charge on any atom is -0.350 e. The molecule has 0 heterocycles. The molecule has 0 bridgehead atoms. The molecule has 168 valence electrons. The highest BCUT2D eigenvalue weighted by Crippen LogP contribution is 2.40. The van der Waals surface area contributed by atoms with Gasteiger partial charge in [0.2, 0.25) is 0 Å². The summed E-state index contributed by atoms with van der Waals surface area (Å²) in [6.07, 6.45) is -1.82. The average Bonchev–Trinajstić information content (AvgIpc) is 2.67. The van der Waals surface area contributed by atoms with Crippen LogP contribution in [0.1, 0.15) is 56.0 Å². The normalized spacial score (nSPS) is 12.6. The van der Waals surface area contributed by atoms with Crippen molar-refractivity contribution in [2.75, 3.05) is 0 Å². The fraction of sp³-hybridized carbons (Fsp3) is 0.409. The molecule has 0 aliphatic carbocycles. The van der Waals surface area contributed by atoms with Crippen molar-refractivity contribution < 1.29 is 22.9 Å². The van der Waals surface area contributed by atoms with E-state index >= 15 is 0 Å². The smallest absolute Gasteiger partial charge is 0.350 e. The fourth-order valence-electron chi connectivity index (χ4n) is 2.99. The molecule has 0 aliphatic rings. The van der Waals surface area contributed by atoms with Crippen LogP contribution in [-0.2, 0) is 6.18 Å². The maximum absolute atomic E-state index is 12.9. The Morgan fingerprint density at radius 3 is 2.39 bits per heavy atom. The molecule has 0 unspecified atom stereocenters. The van der Waals surface area contributed by atoms with Crippen LogP contribution in [0.15, 0.2) is 52.3 Å². The fourth-order valence-corrected chi connectivity index (χ4v) is 4.02. The molecule has 0 aromatic heterocycles. The van der Waals surface area contributed by atoms with E-state index in [1.165, 1.54) is 0 Å². The minimum atomic E-state index is -4.68. The van der Waals surface area contributed by atoms with Gasteiger partial charge in [0.15, 0.2) is 0 Å². The van der Waals surface area contributed by atoms with E-state index in [9.17, 15) is 28.1 Å². The van der Waals surface area contributed by atoms with Gasteiger partial charge in [0.25, 0.3) is 11.6 Å². The molecule has 9 heteroatoms. The largest absolute Gasteiger partial charge is 0.416 e. The van der Waals surface area contributed by atoms with E-state index < -0.39 is 22.4 Å². The van der Waals surface area contributed by atoms with Crippen molar-refractivity contribution in [2.45, 2.75) is 62.0 Å². The molecule has 0 saturated carbocycles. The zero-order chi connectivity index (χ0) is 23.2. The molecule has 0 fully saturated rings. The Balaban J connectivity index is 2.22. The molecule has 1 amide bonds. The molecule has 1 atom stereocenters. The Bertz CT molecular complexity index is 932. The number of benzene rings is 2. The first kappa shape index (κ1) is 24.7. The lowest BCUT2D eigenvalue weighted by Gasteiger charge is -2.16. The van der Waals surface area contributed by atoms with Gasteiger partial charge in [0, 0.05) is 17.0 Å². The zero-order valence-corrected chi connectivity index (χ0v) is 18.3. The summed E-state index contributed by atoms with van der Waals surface area (Å²) >= 11 is 0.896. The van der Waals surface area contributed by atoms with Gasteiger partial charge < -0.3 is 5.32 Å². The third kappa shape index (κ3) is 7.27. The van der Waals surface area contributed by atoms with Crippen LogP contribution >= 0.6 is 11.8 Å². The lowest BCUT2D eigenvalue weighted by atomic mass is 10.0. The van der Waals surface area contributed by atoms with Crippen LogP contribution in [0, 0.1) is 16.0 Å². The SMILES string of the molecule is CC(C)CCC[C@@H](C)NC(=O)c1ccccc1Sc1ccc(C(F)(F)F)cc1[N+](=O)[O-]. The van der Waals surface area contributed by atoms with Crippen LogP contribution in [0.3, 0.4) is 0 Å². The van der Waals surface area contributed by atoms with Gasteiger partial charge in [-0.05, 0) is 43.5 Å². The van der Waals surface area contributed by atoms with E-state index in [1.54, 1.807) is 24.3 Å². The van der Waals surface area contributed by atoms with Crippen LogP contribution < -0.4 is 5.32 Å². The number of nitrogens with zero attached hydrogens (tertiary/aromatic N) is 1. The third-order valence-electron chi connectivity index (χ3n) is 4.63. The number of carbonyl (C=O) groups is 1. The first-order chi connectivity index (χ1) is 14.5. The molecule has 1 N–H and O–H groups in total. The number of halogens is 3. The second-order valence-electron chi connectivity index (χ2n) is 7.73. The number of hydrogen-bond acceptors (Lipinski definition) is 4. The Morgan fingerprint density at radius 1 is 1.10 bits per heavy atom. The highest BCUT2D eigenvalue weighted by molar-refractivity contribution is 7.99. The highest BCUT2D eigenvalue weighted by Gasteiger charge is 2.33. The maximum Gasteiger partial charge on any atom is 0.416 e. The Morgan fingerprint density at radius 2 is 1.77 bits per heavy atom. The van der Waals surface area contributed by atoms with Crippen LogP contribution in [-0.4, -0.2) is 16.9 Å². The molecule has 0 saturated heterocycles. The lowest BCUT2D eigenvalue weighted by Crippen LogP contribution is -2.32. The van der Waals surface area contributed by atoms with Crippen molar-refractivity contribution in [2.24, 2.45) is 5.92 Å². The van der Waals surface area contributed by atoms with Crippen LogP contribution in [0.25, 0.3) is 0 Å². The molecule has 2 aromatic rings. The molecule has 0 aliphatic heterocycles. The first-order valence-corrected chi connectivity index (χ1v) is 10.7. The van der Waals surface area contributed by atoms with Crippen molar-refractivity contribution in [3.8, 4) is 0 Å². The maximum atomic E-state index is 12.9. The summed E-state index contributed by atoms with van der Waals surface area (Å²) in [7, 11) is 0. The number of rotatable bonds is 9. The summed E-state index contributed by atoms with van der Waals surface area (Å²) in [5, 5.41) is 14.3. The molecule has 5 nitrogen and oxygen atoms in total. The Hall–Kier alpha value is -2.55. The number of amides is 1. The van der Waals surface area contributed by atoms with Crippen molar-refractivity contribution in [1.29, 1.82) is 0 Å². The summed E-state index contributed by atoms with van der Waals surface area (Å²) in [4.78, 5) is 23.7. The number of nitrogens with one attached hydrogen (secondary N) is 1. The molecular weight excluding hydrogens is 429 g/mol. The quantitative estimate of drug-likeness (QED) is 0.338. The topological polar surface area (TPSA) is 72.2 Å². The number of nitro groups is 1. The van der Waals surface area contributed by atoms with Gasteiger partial charge in [-0.3, -0.25) is 14.9 Å². The predicted molar refractivity (Wildman–Crippen MR) is 114 cm³/mol. The Labute approximate surface area is 183 Å². The summed E-state index contributed by atoms with van der Waals surface area (Å²) in [5.41, 5.74) is -1.43.